The fraction of sp³-hybridized carbons (Fsp3) is 0.632. The summed E-state index contributed by atoms with van der Waals surface area (Å²) >= 11 is 1.90. The number of ether oxygens (including phenoxy) is 1. The van der Waals surface area contributed by atoms with Gasteiger partial charge in [-0.25, -0.2) is 0 Å². The Balaban J connectivity index is 0.00000576. The highest BCUT2D eigenvalue weighted by atomic mass is 127. The van der Waals surface area contributed by atoms with Crippen molar-refractivity contribution in [2.75, 3.05) is 44.9 Å². The first-order chi connectivity index (χ1) is 11.9. The SMILES string of the molecule is CCNC(=NCCCOCCc1ccccc1)NCCCCSC.I. The van der Waals surface area contributed by atoms with Gasteiger partial charge in [-0.2, -0.15) is 11.8 Å². The number of nitrogens with zero attached hydrogens (tertiary/aromatic N) is 1. The molecule has 0 aliphatic heterocycles. The summed E-state index contributed by atoms with van der Waals surface area (Å²) in [6.45, 7) is 6.32. The lowest BCUT2D eigenvalue weighted by molar-refractivity contribution is 0.136. The Labute approximate surface area is 175 Å². The van der Waals surface area contributed by atoms with Crippen molar-refractivity contribution in [3.8, 4) is 0 Å². The Morgan fingerprint density at radius 2 is 1.88 bits per heavy atom. The first kappa shape index (κ1) is 24.5. The van der Waals surface area contributed by atoms with E-state index in [0.29, 0.717) is 0 Å². The Hall–Kier alpha value is -0.470. The second-order valence-electron chi connectivity index (χ2n) is 5.59. The maximum Gasteiger partial charge on any atom is 0.191 e. The van der Waals surface area contributed by atoms with Crippen molar-refractivity contribution in [2.45, 2.75) is 32.6 Å². The summed E-state index contributed by atoms with van der Waals surface area (Å²) in [5.74, 6) is 2.15. The van der Waals surface area contributed by atoms with E-state index in [1.54, 1.807) is 0 Å². The molecule has 2 N–H and O–H groups in total. The molecule has 0 spiro atoms. The maximum absolute atomic E-state index is 5.69. The minimum atomic E-state index is 0. The third-order valence-electron chi connectivity index (χ3n) is 3.51. The quantitative estimate of drug-likeness (QED) is 0.195. The van der Waals surface area contributed by atoms with E-state index in [1.807, 2.05) is 17.8 Å². The molecule has 144 valence electrons. The zero-order valence-electron chi connectivity index (χ0n) is 15.6. The first-order valence-corrected chi connectivity index (χ1v) is 10.4. The summed E-state index contributed by atoms with van der Waals surface area (Å²) in [6, 6.07) is 10.5. The van der Waals surface area contributed by atoms with E-state index < -0.39 is 0 Å². The van der Waals surface area contributed by atoms with Crippen LogP contribution in [0.15, 0.2) is 35.3 Å². The molecular weight excluding hydrogens is 445 g/mol. The number of thioether (sulfide) groups is 1. The van der Waals surface area contributed by atoms with Gasteiger partial charge in [0.25, 0.3) is 0 Å². The fourth-order valence-corrected chi connectivity index (χ4v) is 2.71. The van der Waals surface area contributed by atoms with Gasteiger partial charge in [-0.3, -0.25) is 4.99 Å². The number of unbranched alkanes of at least 4 members (excludes halogenated alkanes) is 1. The van der Waals surface area contributed by atoms with Crippen LogP contribution in [0.3, 0.4) is 0 Å². The lowest BCUT2D eigenvalue weighted by Crippen LogP contribution is -2.38. The molecule has 1 aromatic carbocycles. The molecule has 0 aromatic heterocycles. The second kappa shape index (κ2) is 18.3. The molecule has 4 nitrogen and oxygen atoms in total. The number of benzene rings is 1. The number of nitrogens with one attached hydrogen (secondary N) is 2. The van der Waals surface area contributed by atoms with E-state index in [9.17, 15) is 0 Å². The minimum Gasteiger partial charge on any atom is -0.381 e. The van der Waals surface area contributed by atoms with Gasteiger partial charge in [0.1, 0.15) is 0 Å². The lowest BCUT2D eigenvalue weighted by atomic mass is 10.2. The number of hydrogen-bond acceptors (Lipinski definition) is 3. The maximum atomic E-state index is 5.69. The summed E-state index contributed by atoms with van der Waals surface area (Å²) < 4.78 is 5.69. The van der Waals surface area contributed by atoms with Gasteiger partial charge in [0.05, 0.1) is 6.61 Å². The molecule has 1 rings (SSSR count). The topological polar surface area (TPSA) is 45.7 Å². The van der Waals surface area contributed by atoms with Gasteiger partial charge in [0, 0.05) is 26.2 Å². The van der Waals surface area contributed by atoms with Crippen molar-refractivity contribution >= 4 is 41.7 Å². The van der Waals surface area contributed by atoms with Crippen molar-refractivity contribution < 1.29 is 4.74 Å². The van der Waals surface area contributed by atoms with E-state index in [0.717, 1.165) is 51.6 Å². The van der Waals surface area contributed by atoms with Crippen LogP contribution in [0.25, 0.3) is 0 Å². The highest BCUT2D eigenvalue weighted by Gasteiger charge is 1.97. The molecule has 0 bridgehead atoms. The molecule has 0 atom stereocenters. The van der Waals surface area contributed by atoms with Gasteiger partial charge in [-0.05, 0) is 50.2 Å². The van der Waals surface area contributed by atoms with Crippen molar-refractivity contribution in [1.29, 1.82) is 0 Å². The van der Waals surface area contributed by atoms with Gasteiger partial charge in [-0.1, -0.05) is 30.3 Å². The molecule has 6 heteroatoms. The molecule has 0 saturated heterocycles. The van der Waals surface area contributed by atoms with Crippen LogP contribution < -0.4 is 10.6 Å². The Kier molecular flexibility index (Phi) is 18.0. The van der Waals surface area contributed by atoms with Crippen molar-refractivity contribution in [3.63, 3.8) is 0 Å². The number of halogens is 1. The molecule has 0 radical (unpaired) electrons. The summed E-state index contributed by atoms with van der Waals surface area (Å²) in [6.07, 6.45) is 6.53. The predicted molar refractivity (Wildman–Crippen MR) is 123 cm³/mol. The normalized spacial score (nSPS) is 11.0. The van der Waals surface area contributed by atoms with E-state index in [-0.39, 0.29) is 24.0 Å². The highest BCUT2D eigenvalue weighted by molar-refractivity contribution is 14.0. The molecule has 0 amide bonds. The van der Waals surface area contributed by atoms with Crippen LogP contribution in [0.2, 0.25) is 0 Å². The molecule has 1 aromatic rings. The van der Waals surface area contributed by atoms with Gasteiger partial charge in [-0.15, -0.1) is 24.0 Å². The molecule has 0 aliphatic carbocycles. The van der Waals surface area contributed by atoms with Crippen molar-refractivity contribution in [2.24, 2.45) is 4.99 Å². The van der Waals surface area contributed by atoms with Crippen molar-refractivity contribution in [1.82, 2.24) is 10.6 Å². The predicted octanol–water partition coefficient (Wildman–Crippen LogP) is 3.95. The molecule has 0 fully saturated rings. The van der Waals surface area contributed by atoms with Crippen LogP contribution in [0.1, 0.15) is 31.7 Å². The summed E-state index contributed by atoms with van der Waals surface area (Å²) in [4.78, 5) is 4.60. The number of guanidine groups is 1. The monoisotopic (exact) mass is 479 g/mol. The van der Waals surface area contributed by atoms with Gasteiger partial charge in [0.15, 0.2) is 5.96 Å². The summed E-state index contributed by atoms with van der Waals surface area (Å²) in [5.41, 5.74) is 1.33. The summed E-state index contributed by atoms with van der Waals surface area (Å²) in [7, 11) is 0. The Bertz CT molecular complexity index is 432. The number of aliphatic imine (C=N–C) groups is 1. The van der Waals surface area contributed by atoms with Crippen LogP contribution in [0.4, 0.5) is 0 Å². The largest absolute Gasteiger partial charge is 0.381 e. The molecule has 0 unspecified atom stereocenters. The smallest absolute Gasteiger partial charge is 0.191 e. The average Bonchev–Trinajstić information content (AvgIpc) is 2.61. The molecule has 0 saturated carbocycles. The molecule has 0 heterocycles. The fourth-order valence-electron chi connectivity index (χ4n) is 2.21. The van der Waals surface area contributed by atoms with E-state index in [1.165, 1.54) is 24.2 Å². The minimum absolute atomic E-state index is 0. The van der Waals surface area contributed by atoms with Gasteiger partial charge >= 0.3 is 0 Å². The number of rotatable bonds is 13. The highest BCUT2D eigenvalue weighted by Crippen LogP contribution is 2.00. The van der Waals surface area contributed by atoms with Crippen LogP contribution in [-0.2, 0) is 11.2 Å². The third kappa shape index (κ3) is 14.4. The van der Waals surface area contributed by atoms with Gasteiger partial charge in [0.2, 0.25) is 0 Å². The van der Waals surface area contributed by atoms with Crippen LogP contribution in [0, 0.1) is 0 Å². The summed E-state index contributed by atoms with van der Waals surface area (Å²) in [5, 5.41) is 6.68. The number of hydrogen-bond donors (Lipinski definition) is 2. The lowest BCUT2D eigenvalue weighted by Gasteiger charge is -2.11. The van der Waals surface area contributed by atoms with Crippen molar-refractivity contribution in [3.05, 3.63) is 35.9 Å². The van der Waals surface area contributed by atoms with Crippen LogP contribution in [-0.4, -0.2) is 50.8 Å². The average molecular weight is 479 g/mol. The van der Waals surface area contributed by atoms with E-state index in [4.69, 9.17) is 4.74 Å². The van der Waals surface area contributed by atoms with Gasteiger partial charge < -0.3 is 15.4 Å². The zero-order valence-corrected chi connectivity index (χ0v) is 18.8. The molecular formula is C19H34IN3OS. The molecule has 25 heavy (non-hydrogen) atoms. The Morgan fingerprint density at radius 1 is 1.08 bits per heavy atom. The second-order valence-corrected chi connectivity index (χ2v) is 6.57. The Morgan fingerprint density at radius 3 is 2.60 bits per heavy atom. The van der Waals surface area contributed by atoms with E-state index >= 15 is 0 Å². The standard InChI is InChI=1S/C19H33N3OS.HI/c1-3-20-19(21-13-7-8-17-24-2)22-14-9-15-23-16-12-18-10-5-4-6-11-18;/h4-6,10-11H,3,7-9,12-17H2,1-2H3,(H2,20,21,22);1H. The molecule has 0 aliphatic rings. The zero-order chi connectivity index (χ0) is 17.3. The van der Waals surface area contributed by atoms with E-state index in [2.05, 4.69) is 53.1 Å². The first-order valence-electron chi connectivity index (χ1n) is 8.99. The van der Waals surface area contributed by atoms with Crippen LogP contribution >= 0.6 is 35.7 Å². The third-order valence-corrected chi connectivity index (χ3v) is 4.20. The van der Waals surface area contributed by atoms with Crippen LogP contribution in [0.5, 0.6) is 0 Å².